The van der Waals surface area contributed by atoms with Gasteiger partial charge in [0.15, 0.2) is 0 Å². The van der Waals surface area contributed by atoms with Crippen molar-refractivity contribution in [3.63, 3.8) is 0 Å². The number of hydrogen-bond donors (Lipinski definition) is 1. The molecule has 0 bridgehead atoms. The zero-order chi connectivity index (χ0) is 12.1. The van der Waals surface area contributed by atoms with E-state index in [4.69, 9.17) is 10.00 Å². The maximum atomic E-state index is 11.3. The Morgan fingerprint density at radius 2 is 2.25 bits per heavy atom. The SMILES string of the molecule is CCOC(=O)Cc1cc(C#N)cc(C)c1O. The van der Waals surface area contributed by atoms with Crippen LogP contribution in [-0.2, 0) is 16.0 Å². The first kappa shape index (κ1) is 12.1. The second kappa shape index (κ2) is 5.17. The summed E-state index contributed by atoms with van der Waals surface area (Å²) in [5.74, 6) is -0.362. The highest BCUT2D eigenvalue weighted by Crippen LogP contribution is 2.24. The molecule has 0 heterocycles. The molecule has 16 heavy (non-hydrogen) atoms. The van der Waals surface area contributed by atoms with Gasteiger partial charge in [0.2, 0.25) is 0 Å². The normalized spacial score (nSPS) is 9.56. The number of aryl methyl sites for hydroxylation is 1. The van der Waals surface area contributed by atoms with Crippen LogP contribution in [0.25, 0.3) is 0 Å². The van der Waals surface area contributed by atoms with Crippen molar-refractivity contribution in [2.75, 3.05) is 6.61 Å². The number of benzene rings is 1. The van der Waals surface area contributed by atoms with Crippen molar-refractivity contribution >= 4 is 5.97 Å². The Balaban J connectivity index is 3.00. The third-order valence-corrected chi connectivity index (χ3v) is 2.15. The predicted octanol–water partition coefficient (Wildman–Crippen LogP) is 1.68. The van der Waals surface area contributed by atoms with E-state index in [1.165, 1.54) is 6.07 Å². The molecular formula is C12H13NO3. The van der Waals surface area contributed by atoms with E-state index < -0.39 is 5.97 Å². The van der Waals surface area contributed by atoms with Gasteiger partial charge in [-0.25, -0.2) is 0 Å². The van der Waals surface area contributed by atoms with Gasteiger partial charge >= 0.3 is 5.97 Å². The molecule has 0 radical (unpaired) electrons. The van der Waals surface area contributed by atoms with E-state index in [1.54, 1.807) is 19.9 Å². The number of esters is 1. The molecule has 0 saturated carbocycles. The summed E-state index contributed by atoms with van der Waals surface area (Å²) in [5, 5.41) is 18.5. The second-order valence-electron chi connectivity index (χ2n) is 3.39. The topological polar surface area (TPSA) is 70.3 Å². The molecule has 0 saturated heterocycles. The molecule has 0 spiro atoms. The Hall–Kier alpha value is -2.02. The molecular weight excluding hydrogens is 206 g/mol. The Labute approximate surface area is 94.1 Å². The maximum absolute atomic E-state index is 11.3. The number of phenolic OH excluding ortho intramolecular Hbond substituents is 1. The Morgan fingerprint density at radius 3 is 2.81 bits per heavy atom. The average molecular weight is 219 g/mol. The Bertz CT molecular complexity index is 446. The van der Waals surface area contributed by atoms with E-state index in [-0.39, 0.29) is 12.2 Å². The van der Waals surface area contributed by atoms with E-state index in [9.17, 15) is 9.90 Å². The van der Waals surface area contributed by atoms with E-state index in [0.29, 0.717) is 23.3 Å². The largest absolute Gasteiger partial charge is 0.507 e. The van der Waals surface area contributed by atoms with Crippen molar-refractivity contribution in [3.8, 4) is 11.8 Å². The number of phenols is 1. The second-order valence-corrected chi connectivity index (χ2v) is 3.39. The van der Waals surface area contributed by atoms with Crippen molar-refractivity contribution in [3.05, 3.63) is 28.8 Å². The van der Waals surface area contributed by atoms with Crippen LogP contribution in [-0.4, -0.2) is 17.7 Å². The first-order valence-electron chi connectivity index (χ1n) is 4.96. The van der Waals surface area contributed by atoms with E-state index in [1.807, 2.05) is 6.07 Å². The van der Waals surface area contributed by atoms with Crippen LogP contribution in [0.2, 0.25) is 0 Å². The Kier molecular flexibility index (Phi) is 3.90. The average Bonchev–Trinajstić information content (AvgIpc) is 2.24. The molecule has 0 unspecified atom stereocenters. The maximum Gasteiger partial charge on any atom is 0.310 e. The fourth-order valence-electron chi connectivity index (χ4n) is 1.42. The summed E-state index contributed by atoms with van der Waals surface area (Å²) in [6, 6.07) is 5.05. The molecule has 1 aromatic carbocycles. The van der Waals surface area contributed by atoms with E-state index >= 15 is 0 Å². The number of rotatable bonds is 3. The zero-order valence-corrected chi connectivity index (χ0v) is 9.28. The lowest BCUT2D eigenvalue weighted by atomic mass is 10.0. The number of nitriles is 1. The Morgan fingerprint density at radius 1 is 1.56 bits per heavy atom. The van der Waals surface area contributed by atoms with Crippen LogP contribution >= 0.6 is 0 Å². The highest BCUT2D eigenvalue weighted by Gasteiger charge is 2.11. The lowest BCUT2D eigenvalue weighted by Crippen LogP contribution is -2.08. The molecule has 0 fully saturated rings. The molecule has 0 aliphatic carbocycles. The highest BCUT2D eigenvalue weighted by atomic mass is 16.5. The minimum absolute atomic E-state index is 0.0178. The minimum atomic E-state index is -0.410. The van der Waals surface area contributed by atoms with Gasteiger partial charge in [-0.3, -0.25) is 4.79 Å². The van der Waals surface area contributed by atoms with Gasteiger partial charge in [0, 0.05) is 5.56 Å². The lowest BCUT2D eigenvalue weighted by molar-refractivity contribution is -0.142. The van der Waals surface area contributed by atoms with Gasteiger partial charge in [0.1, 0.15) is 5.75 Å². The van der Waals surface area contributed by atoms with Crippen molar-refractivity contribution < 1.29 is 14.6 Å². The van der Waals surface area contributed by atoms with Crippen LogP contribution in [0.3, 0.4) is 0 Å². The zero-order valence-electron chi connectivity index (χ0n) is 9.28. The molecule has 84 valence electrons. The summed E-state index contributed by atoms with van der Waals surface area (Å²) in [7, 11) is 0. The van der Waals surface area contributed by atoms with Crippen molar-refractivity contribution in [2.45, 2.75) is 20.3 Å². The lowest BCUT2D eigenvalue weighted by Gasteiger charge is -2.07. The van der Waals surface area contributed by atoms with Crippen LogP contribution in [0.5, 0.6) is 5.75 Å². The van der Waals surface area contributed by atoms with E-state index in [2.05, 4.69) is 0 Å². The van der Waals surface area contributed by atoms with Crippen LogP contribution in [0.4, 0.5) is 0 Å². The fraction of sp³-hybridized carbons (Fsp3) is 0.333. The number of carbonyl (C=O) groups excluding carboxylic acids is 1. The third-order valence-electron chi connectivity index (χ3n) is 2.15. The molecule has 0 aliphatic rings. The standard InChI is InChI=1S/C12H13NO3/c1-3-16-11(14)6-10-5-9(7-13)4-8(2)12(10)15/h4-5,15H,3,6H2,1-2H3. The first-order valence-corrected chi connectivity index (χ1v) is 4.96. The van der Waals surface area contributed by atoms with Crippen LogP contribution in [0.1, 0.15) is 23.6 Å². The van der Waals surface area contributed by atoms with E-state index in [0.717, 1.165) is 0 Å². The van der Waals surface area contributed by atoms with Crippen LogP contribution < -0.4 is 0 Å². The van der Waals surface area contributed by atoms with Gasteiger partial charge in [-0.15, -0.1) is 0 Å². The highest BCUT2D eigenvalue weighted by molar-refractivity contribution is 5.74. The molecule has 0 amide bonds. The van der Waals surface area contributed by atoms with Crippen molar-refractivity contribution in [1.29, 1.82) is 5.26 Å². The summed E-state index contributed by atoms with van der Waals surface area (Å²) in [6.45, 7) is 3.70. The molecule has 0 aromatic heterocycles. The molecule has 1 N–H and O–H groups in total. The number of hydrogen-bond acceptors (Lipinski definition) is 4. The van der Waals surface area contributed by atoms with Gasteiger partial charge in [0.25, 0.3) is 0 Å². The fourth-order valence-corrected chi connectivity index (χ4v) is 1.42. The molecule has 1 rings (SSSR count). The van der Waals surface area contributed by atoms with Crippen LogP contribution in [0.15, 0.2) is 12.1 Å². The van der Waals surface area contributed by atoms with Gasteiger partial charge in [-0.1, -0.05) is 0 Å². The van der Waals surface area contributed by atoms with Gasteiger partial charge in [-0.2, -0.15) is 5.26 Å². The van der Waals surface area contributed by atoms with Crippen LogP contribution in [0, 0.1) is 18.3 Å². The van der Waals surface area contributed by atoms with Gasteiger partial charge in [-0.05, 0) is 31.5 Å². The molecule has 1 aromatic rings. The summed E-state index contributed by atoms with van der Waals surface area (Å²) in [4.78, 5) is 11.3. The summed E-state index contributed by atoms with van der Waals surface area (Å²) in [6.07, 6.45) is -0.0178. The smallest absolute Gasteiger partial charge is 0.310 e. The number of aromatic hydroxyl groups is 1. The quantitative estimate of drug-likeness (QED) is 0.785. The number of carbonyl (C=O) groups is 1. The van der Waals surface area contributed by atoms with Gasteiger partial charge < -0.3 is 9.84 Å². The first-order chi connectivity index (χ1) is 7.58. The van der Waals surface area contributed by atoms with Crippen molar-refractivity contribution in [2.24, 2.45) is 0 Å². The molecule has 4 heteroatoms. The molecule has 0 aliphatic heterocycles. The number of ether oxygens (including phenoxy) is 1. The minimum Gasteiger partial charge on any atom is -0.507 e. The molecule has 4 nitrogen and oxygen atoms in total. The summed E-state index contributed by atoms with van der Waals surface area (Å²) in [5.41, 5.74) is 1.43. The number of nitrogens with zero attached hydrogens (tertiary/aromatic N) is 1. The van der Waals surface area contributed by atoms with Gasteiger partial charge in [0.05, 0.1) is 24.7 Å². The monoisotopic (exact) mass is 219 g/mol. The third kappa shape index (κ3) is 2.74. The van der Waals surface area contributed by atoms with Crippen molar-refractivity contribution in [1.82, 2.24) is 0 Å². The summed E-state index contributed by atoms with van der Waals surface area (Å²) < 4.78 is 4.78. The summed E-state index contributed by atoms with van der Waals surface area (Å²) >= 11 is 0. The molecule has 0 atom stereocenters. The predicted molar refractivity (Wildman–Crippen MR) is 57.9 cm³/mol.